The molecule has 3 rings (SSSR count). The average molecular weight is 310 g/mol. The van der Waals surface area contributed by atoms with Crippen LogP contribution in [0.3, 0.4) is 0 Å². The lowest BCUT2D eigenvalue weighted by Crippen LogP contribution is -2.34. The van der Waals surface area contributed by atoms with E-state index in [-0.39, 0.29) is 5.91 Å². The monoisotopic (exact) mass is 310 g/mol. The summed E-state index contributed by atoms with van der Waals surface area (Å²) in [5.41, 5.74) is 8.50. The number of carbonyl (C=O) groups excluding carboxylic acids is 1. The van der Waals surface area contributed by atoms with E-state index < -0.39 is 0 Å². The zero-order valence-electron chi connectivity index (χ0n) is 13.4. The fourth-order valence-corrected chi connectivity index (χ4v) is 2.80. The number of anilines is 1. The molecule has 2 N–H and O–H groups in total. The Morgan fingerprint density at radius 1 is 1.22 bits per heavy atom. The van der Waals surface area contributed by atoms with Gasteiger partial charge in [-0.3, -0.25) is 4.79 Å². The van der Waals surface area contributed by atoms with E-state index in [0.717, 1.165) is 29.7 Å². The van der Waals surface area contributed by atoms with Crippen molar-refractivity contribution < 1.29 is 9.53 Å². The molecule has 1 aliphatic carbocycles. The van der Waals surface area contributed by atoms with Gasteiger partial charge in [0.1, 0.15) is 5.75 Å². The summed E-state index contributed by atoms with van der Waals surface area (Å²) in [6.45, 7) is 0.593. The van der Waals surface area contributed by atoms with Crippen LogP contribution in [0.25, 0.3) is 0 Å². The molecule has 2 aromatic rings. The summed E-state index contributed by atoms with van der Waals surface area (Å²) >= 11 is 0. The van der Waals surface area contributed by atoms with Gasteiger partial charge < -0.3 is 15.4 Å². The van der Waals surface area contributed by atoms with Gasteiger partial charge in [0.2, 0.25) is 5.91 Å². The van der Waals surface area contributed by atoms with E-state index in [1.54, 1.807) is 7.11 Å². The van der Waals surface area contributed by atoms with Crippen molar-refractivity contribution in [3.8, 4) is 5.75 Å². The van der Waals surface area contributed by atoms with E-state index in [9.17, 15) is 4.79 Å². The van der Waals surface area contributed by atoms with Crippen LogP contribution in [-0.2, 0) is 17.8 Å². The summed E-state index contributed by atoms with van der Waals surface area (Å²) in [6.07, 6.45) is 2.55. The van der Waals surface area contributed by atoms with E-state index in [1.165, 1.54) is 0 Å². The van der Waals surface area contributed by atoms with Gasteiger partial charge in [-0.15, -0.1) is 0 Å². The molecular formula is C19H22N2O2. The molecule has 4 heteroatoms. The molecule has 0 unspecified atom stereocenters. The lowest BCUT2D eigenvalue weighted by atomic mass is 10.1. The topological polar surface area (TPSA) is 55.6 Å². The van der Waals surface area contributed by atoms with Gasteiger partial charge in [0.25, 0.3) is 0 Å². The van der Waals surface area contributed by atoms with Gasteiger partial charge in [-0.05, 0) is 36.6 Å². The van der Waals surface area contributed by atoms with Gasteiger partial charge in [0.05, 0.1) is 13.5 Å². The zero-order valence-corrected chi connectivity index (χ0v) is 13.4. The third kappa shape index (κ3) is 3.83. The number of ether oxygens (including phenoxy) is 1. The molecule has 0 atom stereocenters. The van der Waals surface area contributed by atoms with Crippen molar-refractivity contribution in [2.75, 3.05) is 12.8 Å². The molecule has 1 saturated carbocycles. The van der Waals surface area contributed by atoms with Crippen molar-refractivity contribution in [2.24, 2.45) is 0 Å². The van der Waals surface area contributed by atoms with E-state index in [2.05, 4.69) is 0 Å². The van der Waals surface area contributed by atoms with E-state index >= 15 is 0 Å². The molecule has 0 heterocycles. The van der Waals surface area contributed by atoms with Crippen molar-refractivity contribution in [3.05, 3.63) is 59.7 Å². The normalized spacial score (nSPS) is 13.6. The van der Waals surface area contributed by atoms with Crippen LogP contribution in [0.5, 0.6) is 5.75 Å². The summed E-state index contributed by atoms with van der Waals surface area (Å²) in [5.74, 6) is 0.971. The molecule has 1 aliphatic rings. The number of methoxy groups -OCH3 is 1. The Labute approximate surface area is 136 Å². The minimum absolute atomic E-state index is 0.143. The van der Waals surface area contributed by atoms with Crippen LogP contribution in [0, 0.1) is 0 Å². The second-order valence-corrected chi connectivity index (χ2v) is 5.99. The first-order valence-electron chi connectivity index (χ1n) is 7.93. The number of benzene rings is 2. The summed E-state index contributed by atoms with van der Waals surface area (Å²) < 4.78 is 5.41. The summed E-state index contributed by atoms with van der Waals surface area (Å²) in [5, 5.41) is 0. The van der Waals surface area contributed by atoms with Crippen LogP contribution in [0.4, 0.5) is 5.69 Å². The molecule has 2 aromatic carbocycles. The van der Waals surface area contributed by atoms with Crippen molar-refractivity contribution in [2.45, 2.75) is 31.8 Å². The predicted molar refractivity (Wildman–Crippen MR) is 91.1 cm³/mol. The minimum atomic E-state index is 0.143. The van der Waals surface area contributed by atoms with E-state index in [0.29, 0.717) is 24.7 Å². The average Bonchev–Trinajstić information content (AvgIpc) is 3.37. The maximum Gasteiger partial charge on any atom is 0.227 e. The van der Waals surface area contributed by atoms with Gasteiger partial charge in [0, 0.05) is 23.8 Å². The number of nitrogens with zero attached hydrogens (tertiary/aromatic N) is 1. The molecule has 1 fully saturated rings. The Morgan fingerprint density at radius 3 is 2.70 bits per heavy atom. The molecule has 120 valence electrons. The van der Waals surface area contributed by atoms with E-state index in [4.69, 9.17) is 10.5 Å². The number of carbonyl (C=O) groups is 1. The maximum atomic E-state index is 12.8. The highest BCUT2D eigenvalue weighted by molar-refractivity contribution is 5.79. The molecule has 0 radical (unpaired) electrons. The van der Waals surface area contributed by atoms with Gasteiger partial charge in [0.15, 0.2) is 0 Å². The number of nitrogens with two attached hydrogens (primary N) is 1. The third-order valence-electron chi connectivity index (χ3n) is 4.15. The minimum Gasteiger partial charge on any atom is -0.496 e. The van der Waals surface area contributed by atoms with Crippen LogP contribution in [-0.4, -0.2) is 24.0 Å². The Morgan fingerprint density at radius 2 is 2.00 bits per heavy atom. The second kappa shape index (κ2) is 6.73. The molecule has 4 nitrogen and oxygen atoms in total. The number of rotatable bonds is 6. The van der Waals surface area contributed by atoms with Crippen LogP contribution < -0.4 is 10.5 Å². The van der Waals surface area contributed by atoms with Gasteiger partial charge in [-0.1, -0.05) is 30.3 Å². The Balaban J connectivity index is 1.75. The van der Waals surface area contributed by atoms with Crippen LogP contribution in [0.2, 0.25) is 0 Å². The number of para-hydroxylation sites is 1. The predicted octanol–water partition coefficient (Wildman–Crippen LogP) is 3.01. The quantitative estimate of drug-likeness (QED) is 0.835. The number of hydrogen-bond donors (Lipinski definition) is 1. The van der Waals surface area contributed by atoms with Crippen molar-refractivity contribution in [1.82, 2.24) is 4.90 Å². The first kappa shape index (κ1) is 15.4. The highest BCUT2D eigenvalue weighted by atomic mass is 16.5. The molecular weight excluding hydrogens is 288 g/mol. The highest BCUT2D eigenvalue weighted by Crippen LogP contribution is 2.31. The molecule has 0 bridgehead atoms. The fourth-order valence-electron chi connectivity index (χ4n) is 2.80. The van der Waals surface area contributed by atoms with Gasteiger partial charge in [-0.25, -0.2) is 0 Å². The fraction of sp³-hybridized carbons (Fsp3) is 0.316. The molecule has 0 aromatic heterocycles. The zero-order chi connectivity index (χ0) is 16.2. The number of amides is 1. The Hall–Kier alpha value is -2.49. The van der Waals surface area contributed by atoms with Crippen molar-refractivity contribution >= 4 is 11.6 Å². The van der Waals surface area contributed by atoms with Crippen LogP contribution >= 0.6 is 0 Å². The lowest BCUT2D eigenvalue weighted by molar-refractivity contribution is -0.131. The summed E-state index contributed by atoms with van der Waals surface area (Å²) in [4.78, 5) is 14.7. The molecule has 23 heavy (non-hydrogen) atoms. The van der Waals surface area contributed by atoms with Gasteiger partial charge >= 0.3 is 0 Å². The number of hydrogen-bond acceptors (Lipinski definition) is 3. The molecule has 1 amide bonds. The van der Waals surface area contributed by atoms with E-state index in [1.807, 2.05) is 53.4 Å². The standard InChI is InChI=1S/C19H22N2O2/c1-23-18-8-3-2-6-15(18)13-21(17-9-10-17)19(22)12-14-5-4-7-16(20)11-14/h2-8,11,17H,9-10,12-13,20H2,1H3. The summed E-state index contributed by atoms with van der Waals surface area (Å²) in [6, 6.07) is 15.8. The van der Waals surface area contributed by atoms with Crippen LogP contribution in [0.1, 0.15) is 24.0 Å². The van der Waals surface area contributed by atoms with Gasteiger partial charge in [-0.2, -0.15) is 0 Å². The first-order chi connectivity index (χ1) is 11.2. The molecule has 0 aliphatic heterocycles. The number of nitrogen functional groups attached to an aromatic ring is 1. The SMILES string of the molecule is COc1ccccc1CN(C(=O)Cc1cccc(N)c1)C1CC1. The smallest absolute Gasteiger partial charge is 0.227 e. The maximum absolute atomic E-state index is 12.8. The third-order valence-corrected chi connectivity index (χ3v) is 4.15. The Kier molecular flexibility index (Phi) is 4.51. The van der Waals surface area contributed by atoms with Crippen LogP contribution in [0.15, 0.2) is 48.5 Å². The lowest BCUT2D eigenvalue weighted by Gasteiger charge is -2.23. The highest BCUT2D eigenvalue weighted by Gasteiger charge is 2.32. The summed E-state index contributed by atoms with van der Waals surface area (Å²) in [7, 11) is 1.66. The Bertz CT molecular complexity index is 695. The van der Waals surface area contributed by atoms with Crippen molar-refractivity contribution in [3.63, 3.8) is 0 Å². The molecule has 0 saturated heterocycles. The first-order valence-corrected chi connectivity index (χ1v) is 7.93. The second-order valence-electron chi connectivity index (χ2n) is 5.99. The largest absolute Gasteiger partial charge is 0.496 e. The molecule has 0 spiro atoms. The van der Waals surface area contributed by atoms with Crippen molar-refractivity contribution in [1.29, 1.82) is 0 Å².